The molecule has 0 aliphatic carbocycles. The van der Waals surface area contributed by atoms with Crippen LogP contribution in [0.15, 0.2) is 30.3 Å². The van der Waals surface area contributed by atoms with Gasteiger partial charge in [-0.25, -0.2) is 12.1 Å². The van der Waals surface area contributed by atoms with Gasteiger partial charge in [0.1, 0.15) is 0 Å². The molecule has 1 heteroatoms. The van der Waals surface area contributed by atoms with Crippen molar-refractivity contribution in [2.75, 3.05) is 0 Å². The summed E-state index contributed by atoms with van der Waals surface area (Å²) in [6.45, 7) is 12.0. The molecule has 1 rings (SSSR count). The second-order valence-electron chi connectivity index (χ2n) is 2.69. The van der Waals surface area contributed by atoms with E-state index in [1.165, 1.54) is 0 Å². The summed E-state index contributed by atoms with van der Waals surface area (Å²) >= 11 is 0. The zero-order valence-corrected chi connectivity index (χ0v) is 14.8. The van der Waals surface area contributed by atoms with E-state index < -0.39 is 0 Å². The molecule has 0 unspecified atom stereocenters. The van der Waals surface area contributed by atoms with Crippen LogP contribution in [0.1, 0.15) is 41.5 Å². The molecule has 0 atom stereocenters. The van der Waals surface area contributed by atoms with Crippen molar-refractivity contribution < 1.29 is 35.6 Å². The summed E-state index contributed by atoms with van der Waals surface area (Å²) in [4.78, 5) is 0. The van der Waals surface area contributed by atoms with Crippen LogP contribution in [-0.2, 0) is 0 Å². The molecule has 0 saturated carbocycles. The van der Waals surface area contributed by atoms with Gasteiger partial charge >= 0.3 is 0 Å². The van der Waals surface area contributed by atoms with Crippen LogP contribution >= 0.6 is 0 Å². The molecule has 0 N–H and O–H groups in total. The molecule has 0 fully saturated rings. The maximum Gasteiger partial charge on any atom is 0 e. The standard InChI is InChI=1S/C5H5.3C3H7.La/c1-2-4-5-3-1;3*1-3-2;/h1-5H;3*3H,1-2H3;/q4*-1;. The molecule has 0 spiro atoms. The minimum absolute atomic E-state index is 0. The third-order valence-corrected chi connectivity index (χ3v) is 0.556. The molecule has 0 aromatic heterocycles. The van der Waals surface area contributed by atoms with Gasteiger partial charge in [0.15, 0.2) is 0 Å². The average Bonchev–Trinajstić information content (AvgIpc) is 2.63. The number of hydrogen-bond acceptors (Lipinski definition) is 0. The van der Waals surface area contributed by atoms with Crippen molar-refractivity contribution in [2.24, 2.45) is 0 Å². The summed E-state index contributed by atoms with van der Waals surface area (Å²) in [5.41, 5.74) is 0. The van der Waals surface area contributed by atoms with Crippen LogP contribution in [0.3, 0.4) is 0 Å². The average molecular weight is 333 g/mol. The molecule has 1 aromatic carbocycles. The van der Waals surface area contributed by atoms with Crippen molar-refractivity contribution in [3.8, 4) is 0 Å². The monoisotopic (exact) mass is 333 g/mol. The van der Waals surface area contributed by atoms with Crippen LogP contribution in [0.25, 0.3) is 0 Å². The summed E-state index contributed by atoms with van der Waals surface area (Å²) < 4.78 is 0. The van der Waals surface area contributed by atoms with Crippen molar-refractivity contribution in [3.63, 3.8) is 0 Å². The minimum atomic E-state index is 0. The Morgan fingerprint density at radius 2 is 0.867 bits per heavy atom. The first kappa shape index (κ1) is 24.7. The van der Waals surface area contributed by atoms with Crippen molar-refractivity contribution >= 4 is 0 Å². The van der Waals surface area contributed by atoms with Crippen LogP contribution < -0.4 is 0 Å². The van der Waals surface area contributed by atoms with Gasteiger partial charge in [0.05, 0.1) is 0 Å². The maximum absolute atomic E-state index is 2.00. The fourth-order valence-electron chi connectivity index (χ4n) is 0.321. The molecule has 1 radical (unpaired) electrons. The molecular weight excluding hydrogens is 307 g/mol. The Balaban J connectivity index is -0.0000000550. The first-order valence-electron chi connectivity index (χ1n) is 5.13. The van der Waals surface area contributed by atoms with E-state index in [-0.39, 0.29) is 35.6 Å². The predicted octanol–water partition coefficient (Wildman–Crippen LogP) is 5.10. The maximum atomic E-state index is 2.00. The zero-order chi connectivity index (χ0) is 11.7. The summed E-state index contributed by atoms with van der Waals surface area (Å²) in [5.74, 6) is 0. The summed E-state index contributed by atoms with van der Waals surface area (Å²) in [5, 5.41) is 0. The first-order chi connectivity index (χ1) is 6.74. The molecule has 0 nitrogen and oxygen atoms in total. The van der Waals surface area contributed by atoms with Gasteiger partial charge in [-0.15, -0.1) is 0 Å². The largest absolute Gasteiger partial charge is 0.335 e. The Kier molecular flexibility index (Phi) is 60.1. The Morgan fingerprint density at radius 1 is 0.667 bits per heavy atom. The second-order valence-corrected chi connectivity index (χ2v) is 2.69. The van der Waals surface area contributed by atoms with Gasteiger partial charge < -0.3 is 19.3 Å². The van der Waals surface area contributed by atoms with Crippen LogP contribution in [0, 0.1) is 54.9 Å². The summed E-state index contributed by atoms with van der Waals surface area (Å²) in [7, 11) is 0. The Labute approximate surface area is 126 Å². The molecule has 15 heavy (non-hydrogen) atoms. The van der Waals surface area contributed by atoms with E-state index in [9.17, 15) is 0 Å². The van der Waals surface area contributed by atoms with E-state index >= 15 is 0 Å². The van der Waals surface area contributed by atoms with E-state index in [0.717, 1.165) is 0 Å². The molecule has 89 valence electrons. The smallest absolute Gasteiger partial charge is 0 e. The van der Waals surface area contributed by atoms with Gasteiger partial charge in [0, 0.05) is 35.6 Å². The molecule has 0 bridgehead atoms. The Morgan fingerprint density at radius 3 is 0.933 bits per heavy atom. The van der Waals surface area contributed by atoms with E-state index in [1.807, 2.05) is 91.1 Å². The van der Waals surface area contributed by atoms with Gasteiger partial charge in [0.2, 0.25) is 0 Å². The molecule has 0 aliphatic rings. The van der Waals surface area contributed by atoms with Crippen LogP contribution in [-0.4, -0.2) is 0 Å². The van der Waals surface area contributed by atoms with Crippen molar-refractivity contribution in [3.05, 3.63) is 49.6 Å². The first-order valence-corrected chi connectivity index (χ1v) is 5.13. The van der Waals surface area contributed by atoms with E-state index in [2.05, 4.69) is 0 Å². The van der Waals surface area contributed by atoms with Crippen molar-refractivity contribution in [1.82, 2.24) is 0 Å². The molecule has 0 aliphatic heterocycles. The topological polar surface area (TPSA) is 0 Å². The van der Waals surface area contributed by atoms with Crippen molar-refractivity contribution in [1.29, 1.82) is 0 Å². The van der Waals surface area contributed by atoms with Crippen LogP contribution in [0.5, 0.6) is 0 Å². The van der Waals surface area contributed by atoms with E-state index in [0.29, 0.717) is 0 Å². The summed E-state index contributed by atoms with van der Waals surface area (Å²) in [6, 6.07) is 10.0. The van der Waals surface area contributed by atoms with Crippen LogP contribution in [0.4, 0.5) is 0 Å². The quantitative estimate of drug-likeness (QED) is 0.580. The Bertz CT molecular complexity index is 88.9. The minimum Gasteiger partial charge on any atom is -0.335 e. The third kappa shape index (κ3) is 74.4. The molecule has 1 aromatic rings. The molecule has 0 saturated heterocycles. The van der Waals surface area contributed by atoms with Gasteiger partial charge in [-0.2, -0.15) is 59.7 Å². The van der Waals surface area contributed by atoms with Gasteiger partial charge in [0.25, 0.3) is 0 Å². The fourth-order valence-corrected chi connectivity index (χ4v) is 0.321. The van der Waals surface area contributed by atoms with E-state index in [1.54, 1.807) is 0 Å². The SMILES string of the molecule is C[CH-]C.C[CH-]C.C[CH-]C.[La].c1cc[cH-]c1. The second kappa shape index (κ2) is 36.5. The van der Waals surface area contributed by atoms with Crippen molar-refractivity contribution in [2.45, 2.75) is 41.5 Å². The molecular formula is C14H26La-4. The predicted molar refractivity (Wildman–Crippen MR) is 69.0 cm³/mol. The Hall–Kier alpha value is 0.545. The normalized spacial score (nSPS) is 6.27. The zero-order valence-electron chi connectivity index (χ0n) is 11.2. The van der Waals surface area contributed by atoms with E-state index in [4.69, 9.17) is 0 Å². The van der Waals surface area contributed by atoms with Crippen LogP contribution in [0.2, 0.25) is 0 Å². The van der Waals surface area contributed by atoms with Gasteiger partial charge in [-0.3, -0.25) is 0 Å². The fraction of sp³-hybridized carbons (Fsp3) is 0.429. The number of hydrogen-bond donors (Lipinski definition) is 0. The summed E-state index contributed by atoms with van der Waals surface area (Å²) in [6.07, 6.45) is 6.00. The molecule has 0 amide bonds. The van der Waals surface area contributed by atoms with Gasteiger partial charge in [-0.05, 0) is 0 Å². The molecule has 0 heterocycles. The third-order valence-electron chi connectivity index (χ3n) is 0.556. The van der Waals surface area contributed by atoms with Gasteiger partial charge in [-0.1, -0.05) is 0 Å². The number of rotatable bonds is 0.